The Balaban J connectivity index is 0.000000193. The van der Waals surface area contributed by atoms with Crippen LogP contribution in [-0.2, 0) is 12.8 Å². The zero-order chi connectivity index (χ0) is 42.1. The molecule has 0 aliphatic heterocycles. The zero-order valence-electron chi connectivity index (χ0n) is 33.2. The molecule has 8 rings (SSSR count). The number of imidazole rings is 2. The third-order valence-corrected chi connectivity index (χ3v) is 9.97. The number of nitrogens with one attached hydrogen (secondary N) is 10. The number of halogens is 2. The van der Waals surface area contributed by atoms with Crippen LogP contribution in [-0.4, -0.2) is 76.2 Å². The van der Waals surface area contributed by atoms with Crippen molar-refractivity contribution in [2.24, 2.45) is 0 Å². The summed E-state index contributed by atoms with van der Waals surface area (Å²) >= 11 is 12.3. The minimum absolute atomic E-state index is 0.171. The Morgan fingerprint density at radius 1 is 0.650 bits per heavy atom. The van der Waals surface area contributed by atoms with Gasteiger partial charge in [-0.15, -0.1) is 0 Å². The summed E-state index contributed by atoms with van der Waals surface area (Å²) in [5.41, 5.74) is 5.51. The second kappa shape index (κ2) is 22.5. The number of aromatic amines is 2. The lowest BCUT2D eigenvalue weighted by molar-refractivity contribution is 0.251. The van der Waals surface area contributed by atoms with Gasteiger partial charge in [-0.25, -0.2) is 24.7 Å². The molecular formula is C40H48Br2N16OS. The Morgan fingerprint density at radius 3 is 1.52 bits per heavy atom. The van der Waals surface area contributed by atoms with Crippen LogP contribution in [0.15, 0.2) is 94.9 Å². The van der Waals surface area contributed by atoms with E-state index in [1.807, 2.05) is 68.6 Å². The molecule has 10 N–H and O–H groups in total. The molecule has 0 spiro atoms. The predicted molar refractivity (Wildman–Crippen MR) is 249 cm³/mol. The number of aromatic nitrogens is 8. The predicted octanol–water partition coefficient (Wildman–Crippen LogP) is 8.48. The fourth-order valence-electron chi connectivity index (χ4n) is 5.27. The highest BCUT2D eigenvalue weighted by Crippen LogP contribution is 2.25. The quantitative estimate of drug-likeness (QED) is 0.0411. The highest BCUT2D eigenvalue weighted by atomic mass is 79.9. The summed E-state index contributed by atoms with van der Waals surface area (Å²) in [6.07, 6.45) is 16.5. The van der Waals surface area contributed by atoms with E-state index in [2.05, 4.69) is 114 Å². The number of anilines is 8. The van der Waals surface area contributed by atoms with Crippen molar-refractivity contribution < 1.29 is 4.79 Å². The molecule has 2 aliphatic rings. The van der Waals surface area contributed by atoms with Crippen LogP contribution < -0.4 is 42.5 Å². The van der Waals surface area contributed by atoms with Crippen LogP contribution in [0.4, 0.5) is 51.1 Å². The Labute approximate surface area is 370 Å². The molecule has 17 nitrogen and oxygen atoms in total. The first-order valence-corrected chi connectivity index (χ1v) is 21.7. The summed E-state index contributed by atoms with van der Waals surface area (Å²) in [5.74, 6) is 2.43. The maximum Gasteiger partial charge on any atom is 0.319 e. The molecule has 0 unspecified atom stereocenters. The van der Waals surface area contributed by atoms with Crippen molar-refractivity contribution in [1.29, 1.82) is 0 Å². The van der Waals surface area contributed by atoms with Gasteiger partial charge in [-0.2, -0.15) is 9.97 Å². The zero-order valence-corrected chi connectivity index (χ0v) is 37.1. The normalized spacial score (nSPS) is 12.7. The number of hydrogen-bond acceptors (Lipinski definition) is 12. The molecule has 314 valence electrons. The van der Waals surface area contributed by atoms with Gasteiger partial charge in [-0.3, -0.25) is 0 Å². The fourth-order valence-corrected chi connectivity index (χ4v) is 6.22. The van der Waals surface area contributed by atoms with Gasteiger partial charge in [0.25, 0.3) is 0 Å². The first-order valence-electron chi connectivity index (χ1n) is 19.7. The summed E-state index contributed by atoms with van der Waals surface area (Å²) in [6.45, 7) is 5.44. The van der Waals surface area contributed by atoms with Gasteiger partial charge in [0.2, 0.25) is 11.9 Å². The van der Waals surface area contributed by atoms with E-state index >= 15 is 0 Å². The van der Waals surface area contributed by atoms with E-state index in [-0.39, 0.29) is 6.03 Å². The van der Waals surface area contributed by atoms with Crippen LogP contribution in [0, 0.1) is 0 Å². The molecule has 0 radical (unpaired) electrons. The third kappa shape index (κ3) is 14.8. The smallest absolute Gasteiger partial charge is 0.319 e. The molecule has 6 aromatic rings. The standard InChI is InChI=1S/C19H21BrN8O.C19H21BrN8S.C2H6/c2*20-16-10-23-18(28-17(16)22-8-7-15-9-21-11-24-15)25-12-1-3-13(4-2-12)26-19(29)27-14-5-6-14;1-2/h2*1-4,9-11,14H,5-8H2,(H,21,24)(H2,26,27,29)(H2,22,23,25,28);1-2H3. The lowest BCUT2D eigenvalue weighted by atomic mass is 10.3. The highest BCUT2D eigenvalue weighted by Gasteiger charge is 2.23. The Bertz CT molecular complexity index is 2080. The maximum atomic E-state index is 11.8. The van der Waals surface area contributed by atoms with Gasteiger partial charge in [0.15, 0.2) is 5.11 Å². The largest absolute Gasteiger partial charge is 0.369 e. The fraction of sp³-hybridized carbons (Fsp3) is 0.300. The number of rotatable bonds is 16. The number of H-pyrrole nitrogens is 2. The summed E-state index contributed by atoms with van der Waals surface area (Å²) in [6, 6.07) is 15.9. The topological polar surface area (TPSA) is 222 Å². The molecule has 2 amide bonds. The molecule has 20 heteroatoms. The Morgan fingerprint density at radius 2 is 1.08 bits per heavy atom. The van der Waals surface area contributed by atoms with Crippen molar-refractivity contribution in [3.8, 4) is 0 Å². The van der Waals surface area contributed by atoms with Crippen molar-refractivity contribution in [3.63, 3.8) is 0 Å². The molecule has 2 fully saturated rings. The number of amides is 2. The number of nitrogens with zero attached hydrogens (tertiary/aromatic N) is 6. The number of urea groups is 1. The van der Waals surface area contributed by atoms with Crippen LogP contribution in [0.25, 0.3) is 0 Å². The van der Waals surface area contributed by atoms with E-state index in [1.165, 1.54) is 12.8 Å². The van der Waals surface area contributed by atoms with Crippen molar-refractivity contribution >= 4 is 102 Å². The average Bonchev–Trinajstić information content (AvgIpc) is 4.13. The van der Waals surface area contributed by atoms with Gasteiger partial charge in [0, 0.05) is 96.9 Å². The molecule has 2 aliphatic carbocycles. The second-order valence-corrected chi connectivity index (χ2v) is 15.6. The number of carbonyl (C=O) groups is 1. The monoisotopic (exact) mass is 958 g/mol. The summed E-state index contributed by atoms with van der Waals surface area (Å²) < 4.78 is 1.60. The number of thiocarbonyl (C=S) groups is 1. The van der Waals surface area contributed by atoms with Crippen molar-refractivity contribution in [3.05, 3.63) is 106 Å². The van der Waals surface area contributed by atoms with Crippen molar-refractivity contribution in [2.45, 2.75) is 64.5 Å². The van der Waals surface area contributed by atoms with Gasteiger partial charge < -0.3 is 52.5 Å². The van der Waals surface area contributed by atoms with E-state index in [9.17, 15) is 4.79 Å². The SMILES string of the molecule is CC.O=C(Nc1ccc(Nc2ncc(Br)c(NCCc3cnc[nH]3)n2)cc1)NC1CC1.S=C(Nc1ccc(Nc2ncc(Br)c(NCCc3cnc[nH]3)n2)cc1)NC1CC1. The van der Waals surface area contributed by atoms with E-state index in [1.54, 1.807) is 31.2 Å². The van der Waals surface area contributed by atoms with Crippen LogP contribution in [0.1, 0.15) is 50.9 Å². The summed E-state index contributed by atoms with van der Waals surface area (Å²) in [5, 5.41) is 25.8. The molecule has 4 aromatic heterocycles. The third-order valence-electron chi connectivity index (χ3n) is 8.59. The lowest BCUT2D eigenvalue weighted by Crippen LogP contribution is -2.30. The molecule has 2 saturated carbocycles. The van der Waals surface area contributed by atoms with Crippen LogP contribution in [0.5, 0.6) is 0 Å². The molecule has 0 bridgehead atoms. The molecule has 4 heterocycles. The van der Waals surface area contributed by atoms with Gasteiger partial charge in [-0.05, 0) is 118 Å². The minimum Gasteiger partial charge on any atom is -0.369 e. The lowest BCUT2D eigenvalue weighted by Gasteiger charge is -2.12. The molecule has 0 saturated heterocycles. The second-order valence-electron chi connectivity index (χ2n) is 13.4. The maximum absolute atomic E-state index is 11.8. The Hall–Kier alpha value is -5.86. The minimum atomic E-state index is -0.171. The van der Waals surface area contributed by atoms with Gasteiger partial charge in [0.1, 0.15) is 11.6 Å². The highest BCUT2D eigenvalue weighted by molar-refractivity contribution is 9.11. The van der Waals surface area contributed by atoms with E-state index in [0.29, 0.717) is 41.5 Å². The summed E-state index contributed by atoms with van der Waals surface area (Å²) in [4.78, 5) is 43.7. The van der Waals surface area contributed by atoms with E-state index in [4.69, 9.17) is 12.2 Å². The van der Waals surface area contributed by atoms with E-state index in [0.717, 1.165) is 81.1 Å². The first-order chi connectivity index (χ1) is 29.3. The van der Waals surface area contributed by atoms with Crippen molar-refractivity contribution in [2.75, 3.05) is 45.0 Å². The van der Waals surface area contributed by atoms with Crippen LogP contribution in [0.3, 0.4) is 0 Å². The Kier molecular flexibility index (Phi) is 16.4. The number of carbonyl (C=O) groups excluding carboxylic acids is 1. The average molecular weight is 961 g/mol. The van der Waals surface area contributed by atoms with E-state index < -0.39 is 0 Å². The molecule has 0 atom stereocenters. The van der Waals surface area contributed by atoms with Crippen LogP contribution in [0.2, 0.25) is 0 Å². The summed E-state index contributed by atoms with van der Waals surface area (Å²) in [7, 11) is 0. The van der Waals surface area contributed by atoms with Gasteiger partial charge in [-0.1, -0.05) is 13.8 Å². The van der Waals surface area contributed by atoms with Gasteiger partial charge in [0.05, 0.1) is 21.6 Å². The molecule has 2 aromatic carbocycles. The number of benzene rings is 2. The molecular weight excluding hydrogens is 912 g/mol. The van der Waals surface area contributed by atoms with Gasteiger partial charge >= 0.3 is 6.03 Å². The first kappa shape index (κ1) is 43.7. The molecule has 60 heavy (non-hydrogen) atoms. The number of hydrogen-bond donors (Lipinski definition) is 10. The van der Waals surface area contributed by atoms with Crippen LogP contribution >= 0.6 is 44.1 Å². The van der Waals surface area contributed by atoms with Crippen molar-refractivity contribution in [1.82, 2.24) is 50.5 Å².